The van der Waals surface area contributed by atoms with E-state index in [1.54, 1.807) is 44.2 Å². The van der Waals surface area contributed by atoms with Gasteiger partial charge in [0.2, 0.25) is 5.91 Å². The first-order valence-corrected chi connectivity index (χ1v) is 9.78. The second-order valence-corrected chi connectivity index (χ2v) is 7.11. The van der Waals surface area contributed by atoms with E-state index < -0.39 is 23.7 Å². The van der Waals surface area contributed by atoms with Crippen molar-refractivity contribution in [3.63, 3.8) is 0 Å². The summed E-state index contributed by atoms with van der Waals surface area (Å²) in [7, 11) is 0. The van der Waals surface area contributed by atoms with Crippen molar-refractivity contribution < 1.29 is 22.8 Å². The van der Waals surface area contributed by atoms with Crippen LogP contribution in [0.1, 0.15) is 23.4 Å². The topological polar surface area (TPSA) is 88.0 Å². The van der Waals surface area contributed by atoms with Gasteiger partial charge in [0.15, 0.2) is 0 Å². The molecule has 0 aliphatic rings. The number of rotatable bonds is 6. The van der Waals surface area contributed by atoms with E-state index in [1.807, 2.05) is 6.07 Å². The molecule has 1 aromatic heterocycles. The summed E-state index contributed by atoms with van der Waals surface area (Å²) in [6, 6.07) is 13.1. The van der Waals surface area contributed by atoms with Gasteiger partial charge in [0.05, 0.1) is 22.6 Å². The van der Waals surface area contributed by atoms with E-state index in [-0.39, 0.29) is 18.7 Å². The molecule has 0 fully saturated rings. The number of nitrogens with zero attached hydrogens (tertiary/aromatic N) is 2. The van der Waals surface area contributed by atoms with E-state index >= 15 is 0 Å². The Morgan fingerprint density at radius 3 is 2.34 bits per heavy atom. The zero-order valence-corrected chi connectivity index (χ0v) is 17.5. The van der Waals surface area contributed by atoms with E-state index in [0.717, 1.165) is 12.1 Å². The van der Waals surface area contributed by atoms with E-state index in [9.17, 15) is 22.8 Å². The molecule has 0 aliphatic heterocycles. The van der Waals surface area contributed by atoms with Gasteiger partial charge in [-0.05, 0) is 50.2 Å². The molecule has 1 heterocycles. The Morgan fingerprint density at radius 1 is 1.00 bits per heavy atom. The Labute approximate surface area is 182 Å². The molecule has 0 saturated carbocycles. The average Bonchev–Trinajstić information content (AvgIpc) is 3.05. The minimum Gasteiger partial charge on any atom is -0.337 e. The fourth-order valence-electron chi connectivity index (χ4n) is 3.07. The molecule has 0 bridgehead atoms. The van der Waals surface area contributed by atoms with Crippen molar-refractivity contribution in [1.29, 1.82) is 0 Å². The first kappa shape index (κ1) is 22.9. The number of urea groups is 1. The zero-order valence-electron chi connectivity index (χ0n) is 17.5. The third kappa shape index (κ3) is 5.87. The van der Waals surface area contributed by atoms with Crippen molar-refractivity contribution in [3.8, 4) is 5.69 Å². The molecule has 0 unspecified atom stereocenters. The molecule has 0 radical (unpaired) electrons. The van der Waals surface area contributed by atoms with Crippen LogP contribution in [0.2, 0.25) is 0 Å². The van der Waals surface area contributed by atoms with E-state index in [4.69, 9.17) is 0 Å². The van der Waals surface area contributed by atoms with Gasteiger partial charge in [0, 0.05) is 24.3 Å². The first-order chi connectivity index (χ1) is 15.1. The SMILES string of the molecule is Cc1cc(C)n(-c2ccc(C(F)(F)F)cc2NC(=O)CCNC(=O)Nc2ccccc2)n1. The van der Waals surface area contributed by atoms with Crippen molar-refractivity contribution in [3.05, 3.63) is 71.5 Å². The molecule has 3 rings (SSSR count). The van der Waals surface area contributed by atoms with Crippen LogP contribution in [0.5, 0.6) is 0 Å². The molecule has 7 nitrogen and oxygen atoms in total. The number of hydrogen-bond donors (Lipinski definition) is 3. The lowest BCUT2D eigenvalue weighted by molar-refractivity contribution is -0.137. The number of para-hydroxylation sites is 1. The number of anilines is 2. The highest BCUT2D eigenvalue weighted by molar-refractivity contribution is 5.94. The summed E-state index contributed by atoms with van der Waals surface area (Å²) in [6.45, 7) is 3.52. The minimum absolute atomic E-state index is 0.00129. The zero-order chi connectivity index (χ0) is 23.3. The summed E-state index contributed by atoms with van der Waals surface area (Å²) in [5, 5.41) is 11.9. The molecule has 2 aromatic carbocycles. The summed E-state index contributed by atoms with van der Waals surface area (Å²) in [4.78, 5) is 24.3. The lowest BCUT2D eigenvalue weighted by Crippen LogP contribution is -2.31. The Balaban J connectivity index is 1.68. The summed E-state index contributed by atoms with van der Waals surface area (Å²) in [6.07, 6.45) is -4.70. The Hall–Kier alpha value is -3.82. The van der Waals surface area contributed by atoms with Crippen molar-refractivity contribution >= 4 is 23.3 Å². The quantitative estimate of drug-likeness (QED) is 0.516. The van der Waals surface area contributed by atoms with Crippen molar-refractivity contribution in [2.45, 2.75) is 26.4 Å². The second kappa shape index (κ2) is 9.54. The molecular weight excluding hydrogens is 423 g/mol. The molecule has 3 amide bonds. The van der Waals surface area contributed by atoms with Gasteiger partial charge >= 0.3 is 12.2 Å². The predicted molar refractivity (Wildman–Crippen MR) is 115 cm³/mol. The van der Waals surface area contributed by atoms with Crippen LogP contribution >= 0.6 is 0 Å². The molecule has 0 saturated heterocycles. The lowest BCUT2D eigenvalue weighted by atomic mass is 10.1. The lowest BCUT2D eigenvalue weighted by Gasteiger charge is -2.16. The number of nitrogens with one attached hydrogen (secondary N) is 3. The highest BCUT2D eigenvalue weighted by Gasteiger charge is 2.31. The number of carbonyl (C=O) groups excluding carboxylic acids is 2. The second-order valence-electron chi connectivity index (χ2n) is 7.11. The molecule has 0 spiro atoms. The number of aryl methyl sites for hydroxylation is 2. The van der Waals surface area contributed by atoms with Crippen LogP contribution in [0.3, 0.4) is 0 Å². The molecule has 168 valence electrons. The van der Waals surface area contributed by atoms with Gasteiger partial charge in [-0.1, -0.05) is 18.2 Å². The number of aromatic nitrogens is 2. The van der Waals surface area contributed by atoms with Crippen LogP contribution in [0, 0.1) is 13.8 Å². The maximum absolute atomic E-state index is 13.2. The largest absolute Gasteiger partial charge is 0.416 e. The maximum atomic E-state index is 13.2. The Bertz CT molecular complexity index is 1110. The number of benzene rings is 2. The monoisotopic (exact) mass is 445 g/mol. The number of carbonyl (C=O) groups is 2. The van der Waals surface area contributed by atoms with Crippen molar-refractivity contribution in [1.82, 2.24) is 15.1 Å². The standard InChI is InChI=1S/C22H22F3N5O2/c1-14-12-15(2)30(29-14)19-9-8-16(22(23,24)25)13-18(19)28-20(31)10-11-26-21(32)27-17-6-4-3-5-7-17/h3-9,12-13H,10-11H2,1-2H3,(H,28,31)(H2,26,27,32). The summed E-state index contributed by atoms with van der Waals surface area (Å²) < 4.78 is 41.1. The highest BCUT2D eigenvalue weighted by Crippen LogP contribution is 2.33. The molecule has 3 aromatic rings. The van der Waals surface area contributed by atoms with Crippen LogP contribution < -0.4 is 16.0 Å². The van der Waals surface area contributed by atoms with Gasteiger partial charge in [-0.25, -0.2) is 9.48 Å². The van der Waals surface area contributed by atoms with Crippen LogP contribution in [-0.2, 0) is 11.0 Å². The molecule has 0 atom stereocenters. The van der Waals surface area contributed by atoms with Gasteiger partial charge in [-0.3, -0.25) is 4.79 Å². The van der Waals surface area contributed by atoms with E-state index in [2.05, 4.69) is 21.0 Å². The summed E-state index contributed by atoms with van der Waals surface area (Å²) >= 11 is 0. The van der Waals surface area contributed by atoms with E-state index in [0.29, 0.717) is 22.8 Å². The number of halogens is 3. The van der Waals surface area contributed by atoms with E-state index in [1.165, 1.54) is 10.7 Å². The third-order valence-corrected chi connectivity index (χ3v) is 4.51. The van der Waals surface area contributed by atoms with Crippen LogP contribution in [0.15, 0.2) is 54.6 Å². The first-order valence-electron chi connectivity index (χ1n) is 9.78. The fourth-order valence-corrected chi connectivity index (χ4v) is 3.07. The number of hydrogen-bond acceptors (Lipinski definition) is 3. The van der Waals surface area contributed by atoms with Crippen LogP contribution in [0.25, 0.3) is 5.69 Å². The maximum Gasteiger partial charge on any atom is 0.416 e. The van der Waals surface area contributed by atoms with Gasteiger partial charge in [0.25, 0.3) is 0 Å². The predicted octanol–water partition coefficient (Wildman–Crippen LogP) is 4.66. The average molecular weight is 445 g/mol. The normalized spacial score (nSPS) is 11.2. The molecule has 3 N–H and O–H groups in total. The van der Waals surface area contributed by atoms with Crippen LogP contribution in [-0.4, -0.2) is 28.3 Å². The van der Waals surface area contributed by atoms with Crippen LogP contribution in [0.4, 0.5) is 29.3 Å². The van der Waals surface area contributed by atoms with Crippen molar-refractivity contribution in [2.75, 3.05) is 17.2 Å². The van der Waals surface area contributed by atoms with Gasteiger partial charge in [-0.2, -0.15) is 18.3 Å². The van der Waals surface area contributed by atoms with Gasteiger partial charge < -0.3 is 16.0 Å². The fraction of sp³-hybridized carbons (Fsp3) is 0.227. The highest BCUT2D eigenvalue weighted by atomic mass is 19.4. The molecule has 32 heavy (non-hydrogen) atoms. The molecule has 0 aliphatic carbocycles. The van der Waals surface area contributed by atoms with Gasteiger partial charge in [0.1, 0.15) is 0 Å². The number of amides is 3. The summed E-state index contributed by atoms with van der Waals surface area (Å²) in [5.74, 6) is -0.549. The molecule has 10 heteroatoms. The summed E-state index contributed by atoms with van der Waals surface area (Å²) in [5.41, 5.74) is 1.38. The number of alkyl halides is 3. The minimum atomic E-state index is -4.57. The Kier molecular flexibility index (Phi) is 6.82. The van der Waals surface area contributed by atoms with Gasteiger partial charge in [-0.15, -0.1) is 0 Å². The smallest absolute Gasteiger partial charge is 0.337 e. The molecular formula is C22H22F3N5O2. The Morgan fingerprint density at radius 2 is 1.72 bits per heavy atom. The van der Waals surface area contributed by atoms with Crippen molar-refractivity contribution in [2.24, 2.45) is 0 Å². The third-order valence-electron chi connectivity index (χ3n) is 4.51.